The molecule has 0 heterocycles. The smallest absolute Gasteiger partial charge is 0.306 e. The average Bonchev–Trinajstić information content (AvgIpc) is 2.73. The van der Waals surface area contributed by atoms with Gasteiger partial charge in [-0.1, -0.05) is 104 Å². The molecular formula is C28H54O4. The lowest BCUT2D eigenvalue weighted by molar-refractivity contribution is -0.149. The summed E-state index contributed by atoms with van der Waals surface area (Å²) in [7, 11) is 0. The number of esters is 2. The lowest BCUT2D eigenvalue weighted by Gasteiger charge is -2.15. The van der Waals surface area contributed by atoms with E-state index in [0.29, 0.717) is 25.4 Å². The molecule has 0 aliphatic rings. The Hall–Kier alpha value is -1.06. The first kappa shape index (κ1) is 30.9. The van der Waals surface area contributed by atoms with Crippen LogP contribution in [0.1, 0.15) is 150 Å². The van der Waals surface area contributed by atoms with Gasteiger partial charge in [0.05, 0.1) is 12.7 Å². The summed E-state index contributed by atoms with van der Waals surface area (Å²) in [5.41, 5.74) is 0. The highest BCUT2D eigenvalue weighted by Gasteiger charge is 2.10. The van der Waals surface area contributed by atoms with Crippen molar-refractivity contribution >= 4 is 11.9 Å². The topological polar surface area (TPSA) is 52.6 Å². The van der Waals surface area contributed by atoms with Crippen molar-refractivity contribution in [3.05, 3.63) is 0 Å². The fraction of sp³-hybridized carbons (Fsp3) is 0.929. The summed E-state index contributed by atoms with van der Waals surface area (Å²) < 4.78 is 10.8. The van der Waals surface area contributed by atoms with Crippen LogP contribution >= 0.6 is 0 Å². The fourth-order valence-electron chi connectivity index (χ4n) is 4.09. The van der Waals surface area contributed by atoms with E-state index in [1.807, 2.05) is 6.92 Å². The average molecular weight is 455 g/mol. The minimum absolute atomic E-state index is 0.0207. The quantitative estimate of drug-likeness (QED) is 0.115. The first-order chi connectivity index (χ1) is 15.5. The van der Waals surface area contributed by atoms with Gasteiger partial charge in [0.1, 0.15) is 0 Å². The van der Waals surface area contributed by atoms with Crippen molar-refractivity contribution in [1.82, 2.24) is 0 Å². The zero-order chi connectivity index (χ0) is 23.9. The summed E-state index contributed by atoms with van der Waals surface area (Å²) in [5, 5.41) is 0. The molecule has 0 saturated heterocycles. The van der Waals surface area contributed by atoms with Crippen molar-refractivity contribution in [1.29, 1.82) is 0 Å². The number of carbonyl (C=O) groups is 2. The molecule has 0 radical (unpaired) electrons. The number of hydrogen-bond acceptors (Lipinski definition) is 4. The van der Waals surface area contributed by atoms with E-state index in [9.17, 15) is 9.59 Å². The summed E-state index contributed by atoms with van der Waals surface area (Å²) >= 11 is 0. The Kier molecular flexibility index (Phi) is 22.3. The van der Waals surface area contributed by atoms with Crippen molar-refractivity contribution < 1.29 is 19.1 Å². The molecule has 1 unspecified atom stereocenters. The van der Waals surface area contributed by atoms with Crippen LogP contribution in [0.15, 0.2) is 0 Å². The van der Waals surface area contributed by atoms with Crippen LogP contribution in [0, 0.1) is 5.92 Å². The van der Waals surface area contributed by atoms with Gasteiger partial charge in [0.15, 0.2) is 0 Å². The van der Waals surface area contributed by atoms with Crippen molar-refractivity contribution in [3.8, 4) is 0 Å². The Morgan fingerprint density at radius 1 is 0.594 bits per heavy atom. The van der Waals surface area contributed by atoms with Gasteiger partial charge in [-0.05, 0) is 38.5 Å². The third kappa shape index (κ3) is 23.6. The SMILES string of the molecule is CCCCCCCCCCCCOC(=O)CCCCCCCCC(=O)OC(C)CC(C)C. The van der Waals surface area contributed by atoms with Gasteiger partial charge in [-0.15, -0.1) is 0 Å². The zero-order valence-electron chi connectivity index (χ0n) is 21.9. The van der Waals surface area contributed by atoms with Crippen LogP contribution in [-0.2, 0) is 19.1 Å². The molecule has 0 aromatic heterocycles. The van der Waals surface area contributed by atoms with Gasteiger partial charge < -0.3 is 9.47 Å². The first-order valence-corrected chi connectivity index (χ1v) is 13.8. The van der Waals surface area contributed by atoms with Crippen LogP contribution in [-0.4, -0.2) is 24.6 Å². The standard InChI is InChI=1S/C28H54O4/c1-5-6-7-8-9-10-11-14-17-20-23-31-27(29)21-18-15-12-13-16-19-22-28(30)32-26(4)24-25(2)3/h25-26H,5-24H2,1-4H3. The van der Waals surface area contributed by atoms with Crippen LogP contribution in [0.4, 0.5) is 0 Å². The van der Waals surface area contributed by atoms with Crippen molar-refractivity contribution in [2.45, 2.75) is 156 Å². The van der Waals surface area contributed by atoms with E-state index in [2.05, 4.69) is 20.8 Å². The summed E-state index contributed by atoms with van der Waals surface area (Å²) in [6, 6.07) is 0. The van der Waals surface area contributed by atoms with E-state index >= 15 is 0 Å². The molecule has 0 bridgehead atoms. The monoisotopic (exact) mass is 454 g/mol. The van der Waals surface area contributed by atoms with Gasteiger partial charge in [0.2, 0.25) is 0 Å². The molecule has 0 aliphatic carbocycles. The van der Waals surface area contributed by atoms with E-state index < -0.39 is 0 Å². The predicted molar refractivity (Wildman–Crippen MR) is 135 cm³/mol. The van der Waals surface area contributed by atoms with Gasteiger partial charge in [-0.2, -0.15) is 0 Å². The number of unbranched alkanes of at least 4 members (excludes halogenated alkanes) is 14. The van der Waals surface area contributed by atoms with Gasteiger partial charge >= 0.3 is 11.9 Å². The van der Waals surface area contributed by atoms with Gasteiger partial charge in [0.25, 0.3) is 0 Å². The maximum Gasteiger partial charge on any atom is 0.306 e. The van der Waals surface area contributed by atoms with E-state index in [1.54, 1.807) is 0 Å². The molecule has 0 aromatic carbocycles. The Bertz CT molecular complexity index is 433. The predicted octanol–water partition coefficient (Wildman–Crippen LogP) is 8.55. The lowest BCUT2D eigenvalue weighted by Crippen LogP contribution is -2.16. The highest BCUT2D eigenvalue weighted by Crippen LogP contribution is 2.13. The van der Waals surface area contributed by atoms with E-state index in [4.69, 9.17) is 9.47 Å². The van der Waals surface area contributed by atoms with Crippen molar-refractivity contribution in [3.63, 3.8) is 0 Å². The normalized spacial score (nSPS) is 12.2. The molecular weight excluding hydrogens is 400 g/mol. The minimum atomic E-state index is -0.0664. The molecule has 0 fully saturated rings. The Morgan fingerprint density at radius 3 is 1.53 bits per heavy atom. The molecule has 0 saturated carbocycles. The van der Waals surface area contributed by atoms with Crippen LogP contribution in [0.25, 0.3) is 0 Å². The van der Waals surface area contributed by atoms with Crippen molar-refractivity contribution in [2.75, 3.05) is 6.61 Å². The summed E-state index contributed by atoms with van der Waals surface area (Å²) in [4.78, 5) is 23.6. The molecule has 0 spiro atoms. The van der Waals surface area contributed by atoms with Crippen LogP contribution in [0.5, 0.6) is 0 Å². The molecule has 4 heteroatoms. The zero-order valence-corrected chi connectivity index (χ0v) is 21.9. The van der Waals surface area contributed by atoms with Crippen molar-refractivity contribution in [2.24, 2.45) is 5.92 Å². The molecule has 4 nitrogen and oxygen atoms in total. The van der Waals surface area contributed by atoms with Gasteiger partial charge in [0, 0.05) is 12.8 Å². The molecule has 0 aliphatic heterocycles. The summed E-state index contributed by atoms with van der Waals surface area (Å²) in [6.45, 7) is 9.10. The Labute approximate surface area is 199 Å². The molecule has 32 heavy (non-hydrogen) atoms. The third-order valence-electron chi connectivity index (χ3n) is 5.91. The maximum absolute atomic E-state index is 11.8. The second kappa shape index (κ2) is 23.1. The van der Waals surface area contributed by atoms with E-state index in [0.717, 1.165) is 51.4 Å². The Balaban J connectivity index is 3.32. The van der Waals surface area contributed by atoms with E-state index in [-0.39, 0.29) is 18.0 Å². The molecule has 190 valence electrons. The second-order valence-corrected chi connectivity index (χ2v) is 9.95. The van der Waals surface area contributed by atoms with Gasteiger partial charge in [-0.25, -0.2) is 0 Å². The molecule has 0 rings (SSSR count). The molecule has 0 N–H and O–H groups in total. The molecule has 1 atom stereocenters. The van der Waals surface area contributed by atoms with Gasteiger partial charge in [-0.3, -0.25) is 9.59 Å². The molecule has 0 amide bonds. The number of carbonyl (C=O) groups excluding carboxylic acids is 2. The minimum Gasteiger partial charge on any atom is -0.466 e. The van der Waals surface area contributed by atoms with Crippen LogP contribution in [0.3, 0.4) is 0 Å². The van der Waals surface area contributed by atoms with E-state index in [1.165, 1.54) is 57.8 Å². The first-order valence-electron chi connectivity index (χ1n) is 13.8. The second-order valence-electron chi connectivity index (χ2n) is 9.95. The number of ether oxygens (including phenoxy) is 2. The number of hydrogen-bond donors (Lipinski definition) is 0. The van der Waals surface area contributed by atoms with Crippen LogP contribution in [0.2, 0.25) is 0 Å². The highest BCUT2D eigenvalue weighted by atomic mass is 16.5. The highest BCUT2D eigenvalue weighted by molar-refractivity contribution is 5.69. The number of rotatable bonds is 23. The van der Waals surface area contributed by atoms with Crippen LogP contribution < -0.4 is 0 Å². The fourth-order valence-corrected chi connectivity index (χ4v) is 4.09. The maximum atomic E-state index is 11.8. The lowest BCUT2D eigenvalue weighted by atomic mass is 10.1. The summed E-state index contributed by atoms with van der Waals surface area (Å²) in [6.07, 6.45) is 21.1. The largest absolute Gasteiger partial charge is 0.466 e. The Morgan fingerprint density at radius 2 is 1.03 bits per heavy atom. The summed E-state index contributed by atoms with van der Waals surface area (Å²) in [5.74, 6) is 0.442. The molecule has 0 aromatic rings. The third-order valence-corrected chi connectivity index (χ3v) is 5.91.